The van der Waals surface area contributed by atoms with Crippen molar-refractivity contribution in [1.29, 1.82) is 0 Å². The minimum Gasteiger partial charge on any atom is -0.306 e. The maximum atomic E-state index is 7.93. The Morgan fingerprint density at radius 3 is 2.73 bits per heavy atom. The molecule has 1 aliphatic heterocycles. The Bertz CT molecular complexity index is 1160. The van der Waals surface area contributed by atoms with Crippen molar-refractivity contribution in [1.82, 2.24) is 10.2 Å². The normalized spacial score (nSPS) is 19.0. The molecule has 5 heteroatoms. The number of H-pyrrole nitrogens is 1. The van der Waals surface area contributed by atoms with Gasteiger partial charge in [0.15, 0.2) is 5.82 Å². The summed E-state index contributed by atoms with van der Waals surface area (Å²) in [6, 6.07) is 18.3. The molecule has 0 saturated carbocycles. The van der Waals surface area contributed by atoms with E-state index >= 15 is 0 Å². The highest BCUT2D eigenvalue weighted by Crippen LogP contribution is 2.43. The molecular weight excluding hydrogens is 340 g/mol. The van der Waals surface area contributed by atoms with Gasteiger partial charge in [0.05, 0.1) is 17.0 Å². The third kappa shape index (κ3) is 2.20. The highest BCUT2D eigenvalue weighted by molar-refractivity contribution is 7.12. The van der Waals surface area contributed by atoms with Gasteiger partial charge in [-0.2, -0.15) is 5.10 Å². The third-order valence-corrected chi connectivity index (χ3v) is 5.77. The van der Waals surface area contributed by atoms with Gasteiger partial charge >= 0.3 is 0 Å². The van der Waals surface area contributed by atoms with Gasteiger partial charge < -0.3 is 4.85 Å². The monoisotopic (exact) mass is 354 g/mol. The fourth-order valence-electron chi connectivity index (χ4n) is 3.74. The summed E-state index contributed by atoms with van der Waals surface area (Å²) in [6.45, 7) is 7.93. The predicted octanol–water partition coefficient (Wildman–Crippen LogP) is 5.18. The zero-order valence-electron chi connectivity index (χ0n) is 13.8. The second kappa shape index (κ2) is 5.94. The topological polar surface area (TPSA) is 45.4 Å². The van der Waals surface area contributed by atoms with Crippen molar-refractivity contribution in [2.24, 2.45) is 4.99 Å². The molecule has 4 nitrogen and oxygen atoms in total. The molecule has 2 aromatic carbocycles. The summed E-state index contributed by atoms with van der Waals surface area (Å²) in [6.07, 6.45) is 1.81. The number of rotatable bonds is 2. The van der Waals surface area contributed by atoms with Crippen molar-refractivity contribution < 1.29 is 0 Å². The summed E-state index contributed by atoms with van der Waals surface area (Å²) in [5.74, 6) is 0.660. The lowest BCUT2D eigenvalue weighted by molar-refractivity contribution is 0.801. The van der Waals surface area contributed by atoms with E-state index in [0.29, 0.717) is 0 Å². The molecule has 5 rings (SSSR count). The van der Waals surface area contributed by atoms with Crippen LogP contribution in [0.15, 0.2) is 71.2 Å². The van der Waals surface area contributed by atoms with Gasteiger partial charge in [0.1, 0.15) is 5.71 Å². The van der Waals surface area contributed by atoms with E-state index < -0.39 is 0 Å². The Balaban J connectivity index is 1.78. The van der Waals surface area contributed by atoms with E-state index in [-0.39, 0.29) is 12.0 Å². The number of nitrogens with zero attached hydrogens (tertiary/aromatic N) is 3. The molecule has 124 valence electrons. The lowest BCUT2D eigenvalue weighted by Crippen LogP contribution is -2.29. The first kappa shape index (κ1) is 15.1. The van der Waals surface area contributed by atoms with Gasteiger partial charge in [0, 0.05) is 5.56 Å². The molecule has 0 aliphatic carbocycles. The number of hydrogen-bond acceptors (Lipinski definition) is 3. The fourth-order valence-corrected chi connectivity index (χ4v) is 4.49. The molecule has 0 saturated heterocycles. The smallest absolute Gasteiger partial charge is 0.277 e. The van der Waals surface area contributed by atoms with Crippen LogP contribution in [0, 0.1) is 6.57 Å². The van der Waals surface area contributed by atoms with Crippen LogP contribution < -0.4 is 0 Å². The first-order valence-corrected chi connectivity index (χ1v) is 9.25. The molecule has 2 aromatic heterocycles. The van der Waals surface area contributed by atoms with Crippen LogP contribution in [0.2, 0.25) is 0 Å². The number of aromatic amines is 1. The molecule has 2 unspecified atom stereocenters. The van der Waals surface area contributed by atoms with Crippen LogP contribution >= 0.6 is 11.3 Å². The third-order valence-electron chi connectivity index (χ3n) is 4.88. The quantitative estimate of drug-likeness (QED) is 0.495. The molecule has 1 N–H and O–H groups in total. The summed E-state index contributed by atoms with van der Waals surface area (Å²) in [7, 11) is 0. The Kier molecular flexibility index (Phi) is 3.44. The lowest BCUT2D eigenvalue weighted by atomic mass is 9.80. The van der Waals surface area contributed by atoms with E-state index in [4.69, 9.17) is 11.6 Å². The van der Waals surface area contributed by atoms with E-state index in [1.165, 1.54) is 10.8 Å². The van der Waals surface area contributed by atoms with Gasteiger partial charge in [-0.15, -0.1) is 11.3 Å². The maximum absolute atomic E-state index is 7.93. The Morgan fingerprint density at radius 1 is 1.00 bits per heavy atom. The number of aromatic nitrogens is 2. The Hall–Kier alpha value is -3.23. The standard InChI is InChI=1S/C21H14N4S/c1-22-20-18(15-9-4-7-13-6-2-3-8-14(13)15)16-12-23-25-21(16)24-19(20)17-10-5-11-26-17/h2-12,18,20H,(H,23,25). The Morgan fingerprint density at radius 2 is 1.88 bits per heavy atom. The minimum absolute atomic E-state index is 0.0954. The molecule has 0 radical (unpaired) electrons. The summed E-state index contributed by atoms with van der Waals surface area (Å²) < 4.78 is 0. The van der Waals surface area contributed by atoms with E-state index in [1.807, 2.05) is 35.8 Å². The van der Waals surface area contributed by atoms with Gasteiger partial charge in [0.25, 0.3) is 6.04 Å². The van der Waals surface area contributed by atoms with Crippen LogP contribution in [-0.2, 0) is 0 Å². The predicted molar refractivity (Wildman–Crippen MR) is 105 cm³/mol. The number of aliphatic imine (C=N–C) groups is 1. The van der Waals surface area contributed by atoms with E-state index in [9.17, 15) is 0 Å². The van der Waals surface area contributed by atoms with E-state index in [0.717, 1.165) is 27.5 Å². The minimum atomic E-state index is -0.371. The number of fused-ring (bicyclic) bond motifs is 2. The molecule has 0 bridgehead atoms. The SMILES string of the molecule is [C-]#[N+]C1C(c2cccs2)=Nc2[nH]ncc2C1c1cccc2ccccc12. The molecule has 1 aliphatic rings. The molecule has 26 heavy (non-hydrogen) atoms. The number of hydrogen-bond donors (Lipinski definition) is 1. The van der Waals surface area contributed by atoms with Crippen LogP contribution in [0.25, 0.3) is 15.6 Å². The van der Waals surface area contributed by atoms with Crippen LogP contribution in [0.3, 0.4) is 0 Å². The molecule has 0 amide bonds. The van der Waals surface area contributed by atoms with Crippen molar-refractivity contribution in [3.8, 4) is 0 Å². The van der Waals surface area contributed by atoms with Crippen LogP contribution in [-0.4, -0.2) is 22.0 Å². The van der Waals surface area contributed by atoms with Crippen LogP contribution in [0.5, 0.6) is 0 Å². The second-order valence-corrected chi connectivity index (χ2v) is 7.22. The average Bonchev–Trinajstić information content (AvgIpc) is 3.37. The van der Waals surface area contributed by atoms with Gasteiger partial charge in [-0.25, -0.2) is 11.6 Å². The molecule has 0 spiro atoms. The summed E-state index contributed by atoms with van der Waals surface area (Å²) in [4.78, 5) is 9.80. The van der Waals surface area contributed by atoms with Crippen LogP contribution in [0.4, 0.5) is 5.82 Å². The Labute approximate surface area is 154 Å². The largest absolute Gasteiger partial charge is 0.306 e. The van der Waals surface area contributed by atoms with Gasteiger partial charge in [0.2, 0.25) is 0 Å². The molecule has 4 aromatic rings. The highest BCUT2D eigenvalue weighted by atomic mass is 32.1. The summed E-state index contributed by atoms with van der Waals surface area (Å²) >= 11 is 1.62. The summed E-state index contributed by atoms with van der Waals surface area (Å²) in [5, 5.41) is 11.6. The second-order valence-electron chi connectivity index (χ2n) is 6.27. The van der Waals surface area contributed by atoms with Gasteiger partial charge in [-0.3, -0.25) is 5.10 Å². The maximum Gasteiger partial charge on any atom is 0.277 e. The average molecular weight is 354 g/mol. The molecule has 3 heterocycles. The number of nitrogens with one attached hydrogen (secondary N) is 1. The van der Waals surface area contributed by atoms with Crippen molar-refractivity contribution in [2.45, 2.75) is 12.0 Å². The zero-order valence-corrected chi connectivity index (χ0v) is 14.6. The van der Waals surface area contributed by atoms with Crippen molar-refractivity contribution in [2.75, 3.05) is 0 Å². The lowest BCUT2D eigenvalue weighted by Gasteiger charge is -2.24. The first-order chi connectivity index (χ1) is 12.9. The van der Waals surface area contributed by atoms with Crippen LogP contribution in [0.1, 0.15) is 21.9 Å². The van der Waals surface area contributed by atoms with Gasteiger partial charge in [-0.1, -0.05) is 48.5 Å². The highest BCUT2D eigenvalue weighted by Gasteiger charge is 2.41. The van der Waals surface area contributed by atoms with Gasteiger partial charge in [-0.05, 0) is 27.8 Å². The first-order valence-electron chi connectivity index (χ1n) is 8.37. The molecule has 2 atom stereocenters. The molecular formula is C21H14N4S. The van der Waals surface area contributed by atoms with Crippen molar-refractivity contribution in [3.05, 3.63) is 93.6 Å². The fraction of sp³-hybridized carbons (Fsp3) is 0.0952. The van der Waals surface area contributed by atoms with Crippen molar-refractivity contribution in [3.63, 3.8) is 0 Å². The zero-order chi connectivity index (χ0) is 17.5. The summed E-state index contributed by atoms with van der Waals surface area (Å²) in [5.41, 5.74) is 2.96. The van der Waals surface area contributed by atoms with E-state index in [1.54, 1.807) is 11.3 Å². The number of thiophene rings is 1. The van der Waals surface area contributed by atoms with E-state index in [2.05, 4.69) is 45.4 Å². The van der Waals surface area contributed by atoms with Crippen molar-refractivity contribution >= 4 is 33.6 Å². The number of benzene rings is 2. The molecule has 0 fully saturated rings.